The number of halogens is 4. The van der Waals surface area contributed by atoms with E-state index in [2.05, 4.69) is 55.8 Å². The van der Waals surface area contributed by atoms with Gasteiger partial charge < -0.3 is 19.9 Å². The van der Waals surface area contributed by atoms with Gasteiger partial charge in [-0.25, -0.2) is 31.3 Å². The van der Waals surface area contributed by atoms with E-state index in [1.807, 2.05) is 18.2 Å². The lowest BCUT2D eigenvalue weighted by atomic mass is 9.72. The number of carbonyl (C=O) groups excluding carboxylic acids is 1. The van der Waals surface area contributed by atoms with Crippen molar-refractivity contribution >= 4 is 61.2 Å². The number of likely N-dealkylation sites (tertiary alicyclic amines) is 1. The summed E-state index contributed by atoms with van der Waals surface area (Å²) in [4.78, 5) is 37.9. The molecule has 0 spiro atoms. The van der Waals surface area contributed by atoms with Gasteiger partial charge in [0, 0.05) is 86.3 Å². The molecular weight excluding hydrogens is 885 g/mol. The molecule has 3 N–H and O–H groups in total. The van der Waals surface area contributed by atoms with E-state index in [-0.39, 0.29) is 48.3 Å². The molecular formula is C46H50ClF3N8O6S. The highest BCUT2D eigenvalue weighted by Gasteiger charge is 2.33. The number of sulfonamides is 1. The van der Waals surface area contributed by atoms with Crippen LogP contribution in [0.15, 0.2) is 95.7 Å². The largest absolute Gasteiger partial charge is 0.455 e. The quantitative estimate of drug-likeness (QED) is 0.0552. The maximum atomic E-state index is 13.9. The van der Waals surface area contributed by atoms with Crippen LogP contribution in [0.25, 0.3) is 16.6 Å². The molecule has 2 saturated heterocycles. The van der Waals surface area contributed by atoms with Gasteiger partial charge in [-0.2, -0.15) is 0 Å². The number of nitrogens with zero attached hydrogens (tertiary/aromatic N) is 5. The maximum absolute atomic E-state index is 13.9. The fourth-order valence-corrected chi connectivity index (χ4v) is 9.95. The first kappa shape index (κ1) is 45.9. The van der Waals surface area contributed by atoms with Crippen molar-refractivity contribution in [1.82, 2.24) is 24.5 Å². The summed E-state index contributed by atoms with van der Waals surface area (Å²) in [6, 6.07) is 19.3. The lowest BCUT2D eigenvalue weighted by Crippen LogP contribution is -2.47. The molecule has 1 amide bonds. The second-order valence-corrected chi connectivity index (χ2v) is 19.7. The number of rotatable bonds is 14. The normalized spacial score (nSPS) is 18.2. The van der Waals surface area contributed by atoms with Crippen LogP contribution < -0.4 is 19.7 Å². The van der Waals surface area contributed by atoms with Gasteiger partial charge in [-0.15, -0.1) is 0 Å². The Morgan fingerprint density at radius 2 is 1.74 bits per heavy atom. The highest BCUT2D eigenvalue weighted by atomic mass is 35.5. The van der Waals surface area contributed by atoms with Crippen molar-refractivity contribution in [1.29, 1.82) is 0 Å². The van der Waals surface area contributed by atoms with Gasteiger partial charge in [-0.05, 0) is 97.2 Å². The summed E-state index contributed by atoms with van der Waals surface area (Å²) >= 11 is 6.23. The van der Waals surface area contributed by atoms with Crippen LogP contribution in [-0.4, -0.2) is 104 Å². The second-order valence-electron chi connectivity index (χ2n) is 17.6. The van der Waals surface area contributed by atoms with E-state index in [9.17, 15) is 36.5 Å². The van der Waals surface area contributed by atoms with Gasteiger partial charge in [0.25, 0.3) is 28.0 Å². The zero-order chi connectivity index (χ0) is 46.0. The minimum absolute atomic E-state index is 0.000575. The molecule has 14 nitrogen and oxygen atoms in total. The topological polar surface area (TPSA) is 166 Å². The molecule has 0 bridgehead atoms. The number of benzene rings is 3. The number of hydrogen-bond donors (Lipinski definition) is 3. The number of nitro groups is 1. The Morgan fingerprint density at radius 1 is 1.00 bits per heavy atom. The van der Waals surface area contributed by atoms with Crippen LogP contribution in [0.1, 0.15) is 61.9 Å². The van der Waals surface area contributed by atoms with Gasteiger partial charge in [0.2, 0.25) is 6.30 Å². The first-order chi connectivity index (χ1) is 31.0. The van der Waals surface area contributed by atoms with Gasteiger partial charge >= 0.3 is 0 Å². The monoisotopic (exact) mass is 934 g/mol. The summed E-state index contributed by atoms with van der Waals surface area (Å²) in [5, 5.41) is 16.6. The molecule has 8 rings (SSSR count). The number of allylic oxidation sites excluding steroid dienone is 1. The summed E-state index contributed by atoms with van der Waals surface area (Å²) in [6.45, 7) is 8.42. The van der Waals surface area contributed by atoms with Crippen LogP contribution >= 0.6 is 11.6 Å². The fraction of sp³-hybridized carbons (Fsp3) is 0.391. The Bertz CT molecular complexity index is 2700. The number of aromatic amines is 1. The first-order valence-corrected chi connectivity index (χ1v) is 23.4. The van der Waals surface area contributed by atoms with Crippen LogP contribution in [0.5, 0.6) is 11.5 Å². The highest BCUT2D eigenvalue weighted by molar-refractivity contribution is 7.90. The van der Waals surface area contributed by atoms with Crippen molar-refractivity contribution < 1.29 is 36.0 Å². The third kappa shape index (κ3) is 10.7. The minimum atomic E-state index is -4.68. The van der Waals surface area contributed by atoms with Gasteiger partial charge in [0.15, 0.2) is 0 Å². The van der Waals surface area contributed by atoms with Crippen molar-refractivity contribution in [2.75, 3.05) is 56.0 Å². The van der Waals surface area contributed by atoms with E-state index in [0.29, 0.717) is 29.5 Å². The van der Waals surface area contributed by atoms with Crippen molar-refractivity contribution in [2.45, 2.75) is 69.6 Å². The summed E-state index contributed by atoms with van der Waals surface area (Å²) < 4.78 is 75.4. The molecule has 344 valence electrons. The zero-order valence-corrected chi connectivity index (χ0v) is 37.5. The SMILES string of the molecule is CC1(C)CCC(CN2CCN(c3ccc(C(=O)NS(=O)(=O)c4ccc(NC5CCN(C(F)C(F)F)CC5)c([N+](=O)[O-])c4)c(Oc4cnc5[nH]ccc5c4)c3)CC2)=C(c2ccc(Cl)cc2)C1. The molecule has 65 heavy (non-hydrogen) atoms. The van der Waals surface area contributed by atoms with E-state index in [1.165, 1.54) is 35.0 Å². The molecule has 1 atom stereocenters. The van der Waals surface area contributed by atoms with Crippen molar-refractivity contribution in [2.24, 2.45) is 5.41 Å². The fourth-order valence-electron chi connectivity index (χ4n) is 8.84. The van der Waals surface area contributed by atoms with Gasteiger partial charge in [-0.3, -0.25) is 24.7 Å². The number of alkyl halides is 3. The molecule has 3 aromatic carbocycles. The first-order valence-electron chi connectivity index (χ1n) is 21.5. The predicted octanol–water partition coefficient (Wildman–Crippen LogP) is 9.26. The summed E-state index contributed by atoms with van der Waals surface area (Å²) in [5.41, 5.74) is 4.93. The third-order valence-electron chi connectivity index (χ3n) is 12.5. The van der Waals surface area contributed by atoms with E-state index in [1.54, 1.807) is 24.4 Å². The minimum Gasteiger partial charge on any atom is -0.455 e. The average molecular weight is 935 g/mol. The molecule has 0 radical (unpaired) electrons. The molecule has 4 heterocycles. The van der Waals surface area contributed by atoms with Crippen molar-refractivity contribution in [3.63, 3.8) is 0 Å². The number of hydrogen-bond acceptors (Lipinski definition) is 11. The molecule has 2 fully saturated rings. The number of nitrogens with one attached hydrogen (secondary N) is 3. The van der Waals surface area contributed by atoms with Crippen LogP contribution in [-0.2, 0) is 10.0 Å². The summed E-state index contributed by atoms with van der Waals surface area (Å²) in [6.07, 6.45) is 1.22. The number of nitro benzene ring substituents is 1. The van der Waals surface area contributed by atoms with Crippen molar-refractivity contribution in [3.05, 3.63) is 117 Å². The van der Waals surface area contributed by atoms with Crippen LogP contribution in [0, 0.1) is 15.5 Å². The Hall–Kier alpha value is -5.69. The number of piperidine rings is 1. The van der Waals surface area contributed by atoms with Gasteiger partial charge in [0.1, 0.15) is 22.8 Å². The second kappa shape index (κ2) is 19.0. The summed E-state index contributed by atoms with van der Waals surface area (Å²) in [5.74, 6) is -0.653. The Balaban J connectivity index is 0.989. The molecule has 1 aliphatic carbocycles. The number of pyridine rings is 1. The number of fused-ring (bicyclic) bond motifs is 1. The number of amides is 1. The standard InChI is InChI=1S/C46H50ClF3N8O6S/c1-46(2)15-11-31(38(26-46)29-3-5-32(47)6-4-29)28-55-19-21-56(22-20-55)34-7-9-37(41(24-34)64-35-23-30-12-16-51-44(30)52-27-35)45(59)54-65(62,63)36-8-10-39(40(25-36)58(60)61)53-33-13-17-57(18-14-33)43(50)42(48)49/h3-10,12,16,23-25,27,33,42-43,53H,11,13-15,17-22,26,28H2,1-2H3,(H,51,52)(H,54,59). The van der Waals surface area contributed by atoms with Crippen molar-refractivity contribution in [3.8, 4) is 11.5 Å². The predicted molar refractivity (Wildman–Crippen MR) is 244 cm³/mol. The van der Waals surface area contributed by atoms with E-state index in [0.717, 1.165) is 67.0 Å². The maximum Gasteiger partial charge on any atom is 0.293 e. The number of piperazine rings is 1. The Labute approximate surface area is 380 Å². The summed E-state index contributed by atoms with van der Waals surface area (Å²) in [7, 11) is -4.68. The number of carbonyl (C=O) groups is 1. The van der Waals surface area contributed by atoms with Crippen LogP contribution in [0.4, 0.5) is 30.2 Å². The molecule has 2 aliphatic heterocycles. The molecule has 2 aromatic heterocycles. The molecule has 3 aliphatic rings. The highest BCUT2D eigenvalue weighted by Crippen LogP contribution is 2.43. The third-order valence-corrected chi connectivity index (χ3v) is 14.1. The number of ether oxygens (including phenoxy) is 1. The molecule has 1 unspecified atom stereocenters. The number of aromatic nitrogens is 2. The van der Waals surface area contributed by atoms with Gasteiger partial charge in [0.05, 0.1) is 21.6 Å². The number of H-pyrrole nitrogens is 1. The van der Waals surface area contributed by atoms with E-state index < -0.39 is 50.2 Å². The van der Waals surface area contributed by atoms with E-state index >= 15 is 0 Å². The lowest BCUT2D eigenvalue weighted by molar-refractivity contribution is -0.384. The van der Waals surface area contributed by atoms with Crippen LogP contribution in [0.2, 0.25) is 5.02 Å². The average Bonchev–Trinajstić information content (AvgIpc) is 3.75. The zero-order valence-electron chi connectivity index (χ0n) is 35.9. The smallest absolute Gasteiger partial charge is 0.293 e. The molecule has 5 aromatic rings. The van der Waals surface area contributed by atoms with Gasteiger partial charge in [-0.1, -0.05) is 43.2 Å². The lowest BCUT2D eigenvalue weighted by Gasteiger charge is -2.39. The Morgan fingerprint density at radius 3 is 2.45 bits per heavy atom. The van der Waals surface area contributed by atoms with E-state index in [4.69, 9.17) is 16.3 Å². The number of anilines is 2. The molecule has 19 heteroatoms. The Kier molecular flexibility index (Phi) is 13.4. The van der Waals surface area contributed by atoms with Crippen LogP contribution in [0.3, 0.4) is 0 Å². The molecule has 0 saturated carbocycles.